The average molecular weight is 326 g/mol. The first-order valence-corrected chi connectivity index (χ1v) is 8.25. The second-order valence-corrected chi connectivity index (χ2v) is 5.45. The molecule has 0 fully saturated rings. The minimum Gasteiger partial charge on any atom is -0.493 e. The largest absolute Gasteiger partial charge is 0.493 e. The highest BCUT2D eigenvalue weighted by atomic mass is 32.2. The summed E-state index contributed by atoms with van der Waals surface area (Å²) >= 11 is 1.47. The molecule has 118 valence electrons. The van der Waals surface area contributed by atoms with Crippen LogP contribution in [0.1, 0.15) is 5.56 Å². The molecule has 0 radical (unpaired) electrons. The van der Waals surface area contributed by atoms with Crippen LogP contribution in [0.3, 0.4) is 0 Å². The first-order chi connectivity index (χ1) is 11.3. The summed E-state index contributed by atoms with van der Waals surface area (Å²) in [5.41, 5.74) is 1.93. The number of anilines is 1. The Morgan fingerprint density at radius 3 is 2.65 bits per heavy atom. The van der Waals surface area contributed by atoms with Gasteiger partial charge in [0.05, 0.1) is 18.2 Å². The molecule has 0 spiro atoms. The molecule has 1 N–H and O–H groups in total. The SMILES string of the molecule is COc1cc(N/C(=C/C#N)SC)ccc1OCc1ccccc1. The van der Waals surface area contributed by atoms with Crippen molar-refractivity contribution in [2.24, 2.45) is 0 Å². The van der Waals surface area contributed by atoms with Gasteiger partial charge in [-0.05, 0) is 24.0 Å². The lowest BCUT2D eigenvalue weighted by molar-refractivity contribution is 0.284. The summed E-state index contributed by atoms with van der Waals surface area (Å²) in [6, 6.07) is 17.6. The van der Waals surface area contributed by atoms with Crippen molar-refractivity contribution in [3.63, 3.8) is 0 Å². The molecular weight excluding hydrogens is 308 g/mol. The third kappa shape index (κ3) is 4.97. The number of methoxy groups -OCH3 is 1. The molecule has 23 heavy (non-hydrogen) atoms. The van der Waals surface area contributed by atoms with Gasteiger partial charge in [0.1, 0.15) is 6.61 Å². The Bertz CT molecular complexity index is 709. The van der Waals surface area contributed by atoms with Gasteiger partial charge in [0, 0.05) is 17.8 Å². The van der Waals surface area contributed by atoms with Gasteiger partial charge < -0.3 is 14.8 Å². The predicted octanol–water partition coefficient (Wildman–Crippen LogP) is 4.41. The summed E-state index contributed by atoms with van der Waals surface area (Å²) in [4.78, 5) is 0. The van der Waals surface area contributed by atoms with E-state index in [1.165, 1.54) is 17.8 Å². The summed E-state index contributed by atoms with van der Waals surface area (Å²) < 4.78 is 11.2. The van der Waals surface area contributed by atoms with Crippen LogP contribution in [-0.4, -0.2) is 13.4 Å². The minimum absolute atomic E-state index is 0.481. The maximum Gasteiger partial charge on any atom is 0.162 e. The Morgan fingerprint density at radius 1 is 1.22 bits per heavy atom. The van der Waals surface area contributed by atoms with Crippen LogP contribution in [0.4, 0.5) is 5.69 Å². The van der Waals surface area contributed by atoms with Crippen molar-refractivity contribution >= 4 is 17.4 Å². The van der Waals surface area contributed by atoms with Gasteiger partial charge in [-0.25, -0.2) is 0 Å². The second kappa shape index (κ2) is 8.76. The minimum atomic E-state index is 0.481. The van der Waals surface area contributed by atoms with E-state index in [0.717, 1.165) is 16.3 Å². The van der Waals surface area contributed by atoms with Gasteiger partial charge in [0.25, 0.3) is 0 Å². The first-order valence-electron chi connectivity index (χ1n) is 7.02. The van der Waals surface area contributed by atoms with E-state index in [1.807, 2.05) is 60.9 Å². The molecule has 0 saturated heterocycles. The molecule has 0 bridgehead atoms. The van der Waals surface area contributed by atoms with Crippen LogP contribution in [0, 0.1) is 11.3 Å². The fraction of sp³-hybridized carbons (Fsp3) is 0.167. The Balaban J connectivity index is 2.10. The van der Waals surface area contributed by atoms with Gasteiger partial charge in [0.2, 0.25) is 0 Å². The molecule has 2 aromatic carbocycles. The molecule has 0 heterocycles. The highest BCUT2D eigenvalue weighted by Gasteiger charge is 2.07. The van der Waals surface area contributed by atoms with Crippen LogP contribution in [0.25, 0.3) is 0 Å². The summed E-state index contributed by atoms with van der Waals surface area (Å²) in [7, 11) is 1.61. The third-order valence-corrected chi connectivity index (χ3v) is 3.74. The summed E-state index contributed by atoms with van der Waals surface area (Å²) in [6.07, 6.45) is 3.38. The topological polar surface area (TPSA) is 54.3 Å². The van der Waals surface area contributed by atoms with E-state index in [1.54, 1.807) is 7.11 Å². The number of nitrogens with zero attached hydrogens (tertiary/aromatic N) is 1. The number of allylic oxidation sites excluding steroid dienone is 1. The van der Waals surface area contributed by atoms with Crippen molar-refractivity contribution in [3.05, 3.63) is 65.2 Å². The fourth-order valence-electron chi connectivity index (χ4n) is 1.95. The number of rotatable bonds is 7. The lowest BCUT2D eigenvalue weighted by Gasteiger charge is -2.13. The molecule has 4 nitrogen and oxygen atoms in total. The predicted molar refractivity (Wildman–Crippen MR) is 94.6 cm³/mol. The van der Waals surface area contributed by atoms with Crippen molar-refractivity contribution in [2.45, 2.75) is 6.61 Å². The first kappa shape index (κ1) is 16.8. The highest BCUT2D eigenvalue weighted by molar-refractivity contribution is 8.02. The van der Waals surface area contributed by atoms with Crippen molar-refractivity contribution < 1.29 is 9.47 Å². The maximum absolute atomic E-state index is 8.74. The van der Waals surface area contributed by atoms with Crippen LogP contribution in [0.2, 0.25) is 0 Å². The normalized spacial score (nSPS) is 10.7. The van der Waals surface area contributed by atoms with Crippen molar-refractivity contribution in [3.8, 4) is 17.6 Å². The van der Waals surface area contributed by atoms with Crippen molar-refractivity contribution in [1.29, 1.82) is 5.26 Å². The quantitative estimate of drug-likeness (QED) is 0.764. The molecular formula is C18H18N2O2S. The van der Waals surface area contributed by atoms with E-state index in [-0.39, 0.29) is 0 Å². The highest BCUT2D eigenvalue weighted by Crippen LogP contribution is 2.32. The zero-order valence-corrected chi connectivity index (χ0v) is 13.9. The fourth-order valence-corrected chi connectivity index (χ4v) is 2.34. The van der Waals surface area contributed by atoms with E-state index in [4.69, 9.17) is 14.7 Å². The molecule has 0 aromatic heterocycles. The van der Waals surface area contributed by atoms with E-state index in [2.05, 4.69) is 5.32 Å². The van der Waals surface area contributed by atoms with Gasteiger partial charge in [-0.2, -0.15) is 5.26 Å². The molecule has 0 aliphatic rings. The summed E-state index contributed by atoms with van der Waals surface area (Å²) in [6.45, 7) is 0.481. The van der Waals surface area contributed by atoms with Gasteiger partial charge in [-0.1, -0.05) is 30.3 Å². The van der Waals surface area contributed by atoms with Gasteiger partial charge in [-0.15, -0.1) is 11.8 Å². The smallest absolute Gasteiger partial charge is 0.162 e. The van der Waals surface area contributed by atoms with Crippen molar-refractivity contribution in [1.82, 2.24) is 0 Å². The van der Waals surface area contributed by atoms with Gasteiger partial charge in [-0.3, -0.25) is 0 Å². The maximum atomic E-state index is 8.74. The van der Waals surface area contributed by atoms with Crippen LogP contribution in [0.15, 0.2) is 59.6 Å². The molecule has 0 atom stereocenters. The van der Waals surface area contributed by atoms with Crippen LogP contribution in [0.5, 0.6) is 11.5 Å². The lowest BCUT2D eigenvalue weighted by atomic mass is 10.2. The van der Waals surface area contributed by atoms with E-state index < -0.39 is 0 Å². The van der Waals surface area contributed by atoms with Crippen molar-refractivity contribution in [2.75, 3.05) is 18.7 Å². The Hall–Kier alpha value is -2.58. The average Bonchev–Trinajstić information content (AvgIpc) is 2.60. The van der Waals surface area contributed by atoms with Crippen LogP contribution < -0.4 is 14.8 Å². The number of thioether (sulfide) groups is 1. The molecule has 0 saturated carbocycles. The van der Waals surface area contributed by atoms with Gasteiger partial charge in [0.15, 0.2) is 11.5 Å². The number of nitrogens with one attached hydrogen (secondary N) is 1. The van der Waals surface area contributed by atoms with Crippen LogP contribution in [-0.2, 0) is 6.61 Å². The van der Waals surface area contributed by atoms with Crippen LogP contribution >= 0.6 is 11.8 Å². The number of hydrogen-bond donors (Lipinski definition) is 1. The number of benzene rings is 2. The third-order valence-electron chi connectivity index (χ3n) is 3.08. The summed E-state index contributed by atoms with van der Waals surface area (Å²) in [5, 5.41) is 12.7. The monoisotopic (exact) mass is 326 g/mol. The molecule has 0 amide bonds. The lowest BCUT2D eigenvalue weighted by Crippen LogP contribution is -2.00. The number of ether oxygens (including phenoxy) is 2. The van der Waals surface area contributed by atoms with E-state index >= 15 is 0 Å². The molecule has 0 unspecified atom stereocenters. The molecule has 0 aliphatic carbocycles. The van der Waals surface area contributed by atoms with E-state index in [0.29, 0.717) is 18.1 Å². The number of hydrogen-bond acceptors (Lipinski definition) is 5. The summed E-state index contributed by atoms with van der Waals surface area (Å²) in [5.74, 6) is 1.32. The molecule has 2 rings (SSSR count). The molecule has 0 aliphatic heterocycles. The van der Waals surface area contributed by atoms with E-state index in [9.17, 15) is 0 Å². The second-order valence-electron chi connectivity index (χ2n) is 4.61. The molecule has 5 heteroatoms. The Labute approximate surface area is 140 Å². The molecule has 2 aromatic rings. The standard InChI is InChI=1S/C18H18N2O2S/c1-21-17-12-15(20-18(23-2)10-11-19)8-9-16(17)22-13-14-6-4-3-5-7-14/h3-10,12,20H,13H2,1-2H3/b18-10-. The Kier molecular flexibility index (Phi) is 6.40. The zero-order chi connectivity index (χ0) is 16.5. The number of nitriles is 1. The Morgan fingerprint density at radius 2 is 2.00 bits per heavy atom. The zero-order valence-electron chi connectivity index (χ0n) is 13.1. The van der Waals surface area contributed by atoms with Gasteiger partial charge >= 0.3 is 0 Å².